The largest absolute Gasteiger partial charge is 0.435 e. The third-order valence-corrected chi connectivity index (χ3v) is 5.18. The SMILES string of the molecule is CN=C(NCc1ccc(CN2CCCCC2)cc1)NCc1cn(C)nc1C(F)(F)F.I. The van der Waals surface area contributed by atoms with Gasteiger partial charge in [0.2, 0.25) is 0 Å². The van der Waals surface area contributed by atoms with Crippen LogP contribution in [0.5, 0.6) is 0 Å². The molecule has 10 heteroatoms. The van der Waals surface area contributed by atoms with Crippen molar-refractivity contribution in [2.45, 2.75) is 45.1 Å². The van der Waals surface area contributed by atoms with Gasteiger partial charge in [-0.05, 0) is 37.1 Å². The Hall–Kier alpha value is -1.82. The van der Waals surface area contributed by atoms with Crippen molar-refractivity contribution < 1.29 is 13.2 Å². The van der Waals surface area contributed by atoms with E-state index in [4.69, 9.17) is 0 Å². The van der Waals surface area contributed by atoms with E-state index in [1.54, 1.807) is 7.05 Å². The molecule has 2 heterocycles. The molecule has 0 amide bonds. The average molecular weight is 550 g/mol. The molecule has 1 aliphatic heterocycles. The monoisotopic (exact) mass is 550 g/mol. The van der Waals surface area contributed by atoms with Gasteiger partial charge in [-0.3, -0.25) is 14.6 Å². The second-order valence-corrected chi connectivity index (χ2v) is 7.61. The molecule has 0 aliphatic carbocycles. The van der Waals surface area contributed by atoms with Gasteiger partial charge in [-0.25, -0.2) is 0 Å². The van der Waals surface area contributed by atoms with Crippen LogP contribution in [0.25, 0.3) is 0 Å². The summed E-state index contributed by atoms with van der Waals surface area (Å²) in [4.78, 5) is 6.57. The lowest BCUT2D eigenvalue weighted by molar-refractivity contribution is -0.142. The van der Waals surface area contributed by atoms with E-state index in [1.165, 1.54) is 42.8 Å². The maximum absolute atomic E-state index is 13.1. The van der Waals surface area contributed by atoms with Crippen molar-refractivity contribution in [2.24, 2.45) is 12.0 Å². The molecule has 0 atom stereocenters. The van der Waals surface area contributed by atoms with Crippen molar-refractivity contribution in [3.63, 3.8) is 0 Å². The number of benzene rings is 1. The van der Waals surface area contributed by atoms with Crippen LogP contribution in [0, 0.1) is 0 Å². The Bertz CT molecular complexity index is 842. The van der Waals surface area contributed by atoms with E-state index in [-0.39, 0.29) is 36.1 Å². The number of hydrogen-bond acceptors (Lipinski definition) is 3. The molecule has 1 aliphatic rings. The molecule has 1 aromatic heterocycles. The molecule has 31 heavy (non-hydrogen) atoms. The van der Waals surface area contributed by atoms with Crippen LogP contribution in [-0.4, -0.2) is 40.8 Å². The minimum atomic E-state index is -4.48. The van der Waals surface area contributed by atoms with Crippen molar-refractivity contribution in [1.82, 2.24) is 25.3 Å². The Morgan fingerprint density at radius 1 is 1.03 bits per heavy atom. The number of nitrogens with one attached hydrogen (secondary N) is 2. The summed E-state index contributed by atoms with van der Waals surface area (Å²) in [6.45, 7) is 3.82. The van der Waals surface area contributed by atoms with Crippen LogP contribution < -0.4 is 10.6 Å². The van der Waals surface area contributed by atoms with Crippen molar-refractivity contribution in [3.05, 3.63) is 52.8 Å². The van der Waals surface area contributed by atoms with Crippen LogP contribution in [0.2, 0.25) is 0 Å². The Labute approximate surface area is 198 Å². The third kappa shape index (κ3) is 7.67. The number of rotatable bonds is 6. The summed E-state index contributed by atoms with van der Waals surface area (Å²) in [6.07, 6.45) is 0.763. The zero-order chi connectivity index (χ0) is 21.6. The van der Waals surface area contributed by atoms with Crippen LogP contribution in [0.15, 0.2) is 35.5 Å². The highest BCUT2D eigenvalue weighted by molar-refractivity contribution is 14.0. The highest BCUT2D eigenvalue weighted by Crippen LogP contribution is 2.30. The summed E-state index contributed by atoms with van der Waals surface area (Å²) in [5.74, 6) is 0.435. The first kappa shape index (κ1) is 25.4. The minimum absolute atomic E-state index is 0. The molecule has 0 spiro atoms. The van der Waals surface area contributed by atoms with E-state index in [9.17, 15) is 13.2 Å². The first-order valence-corrected chi connectivity index (χ1v) is 10.2. The van der Waals surface area contributed by atoms with Gasteiger partial charge >= 0.3 is 6.18 Å². The summed E-state index contributed by atoms with van der Waals surface area (Å²) in [5, 5.41) is 9.59. The molecule has 0 bridgehead atoms. The fraction of sp³-hybridized carbons (Fsp3) is 0.524. The molecule has 1 saturated heterocycles. The number of piperidine rings is 1. The van der Waals surface area contributed by atoms with E-state index in [0.29, 0.717) is 12.5 Å². The van der Waals surface area contributed by atoms with Crippen LogP contribution in [-0.2, 0) is 32.9 Å². The third-order valence-electron chi connectivity index (χ3n) is 5.18. The standard InChI is InChI=1S/C21H29F3N6.HI/c1-25-20(27-13-18-15-29(2)28-19(18)21(22,23)24)26-12-16-6-8-17(9-7-16)14-30-10-4-3-5-11-30;/h6-9,15H,3-5,10-14H2,1-2H3,(H2,25,26,27);1H. The van der Waals surface area contributed by atoms with Gasteiger partial charge in [0.1, 0.15) is 0 Å². The first-order chi connectivity index (χ1) is 14.3. The molecule has 1 aromatic carbocycles. The molecular formula is C21H30F3IN6. The van der Waals surface area contributed by atoms with Gasteiger partial charge in [-0.15, -0.1) is 24.0 Å². The zero-order valence-electron chi connectivity index (χ0n) is 17.9. The van der Waals surface area contributed by atoms with E-state index in [0.717, 1.165) is 25.2 Å². The van der Waals surface area contributed by atoms with Crippen LogP contribution in [0.4, 0.5) is 13.2 Å². The molecule has 0 radical (unpaired) electrons. The predicted molar refractivity (Wildman–Crippen MR) is 126 cm³/mol. The number of aryl methyl sites for hydroxylation is 1. The van der Waals surface area contributed by atoms with Gasteiger partial charge in [0, 0.05) is 45.5 Å². The summed E-state index contributed by atoms with van der Waals surface area (Å²) in [6, 6.07) is 8.41. The Balaban J connectivity index is 0.00000341. The Kier molecular flexibility index (Phi) is 9.60. The molecule has 6 nitrogen and oxygen atoms in total. The number of nitrogens with zero attached hydrogens (tertiary/aromatic N) is 4. The topological polar surface area (TPSA) is 57.5 Å². The lowest BCUT2D eigenvalue weighted by Gasteiger charge is -2.26. The van der Waals surface area contributed by atoms with Gasteiger partial charge in [0.25, 0.3) is 0 Å². The fourth-order valence-electron chi connectivity index (χ4n) is 3.63. The summed E-state index contributed by atoms with van der Waals surface area (Å²) >= 11 is 0. The second-order valence-electron chi connectivity index (χ2n) is 7.61. The van der Waals surface area contributed by atoms with Gasteiger partial charge < -0.3 is 10.6 Å². The van der Waals surface area contributed by atoms with Crippen molar-refractivity contribution in [2.75, 3.05) is 20.1 Å². The second kappa shape index (κ2) is 11.7. The van der Waals surface area contributed by atoms with Crippen molar-refractivity contribution in [3.8, 4) is 0 Å². The van der Waals surface area contributed by atoms with Crippen LogP contribution >= 0.6 is 24.0 Å². The van der Waals surface area contributed by atoms with E-state index in [1.807, 2.05) is 0 Å². The average Bonchev–Trinajstić information content (AvgIpc) is 3.11. The molecule has 3 rings (SSSR count). The van der Waals surface area contributed by atoms with Crippen LogP contribution in [0.3, 0.4) is 0 Å². The lowest BCUT2D eigenvalue weighted by atomic mass is 10.1. The Morgan fingerprint density at radius 2 is 1.65 bits per heavy atom. The summed E-state index contributed by atoms with van der Waals surface area (Å²) in [5.41, 5.74) is 1.57. The number of hydrogen-bond donors (Lipinski definition) is 2. The molecule has 0 saturated carbocycles. The molecule has 1 fully saturated rings. The number of likely N-dealkylation sites (tertiary alicyclic amines) is 1. The maximum atomic E-state index is 13.1. The molecule has 2 N–H and O–H groups in total. The number of guanidine groups is 1. The van der Waals surface area contributed by atoms with Gasteiger partial charge in [0.15, 0.2) is 11.7 Å². The van der Waals surface area contributed by atoms with Crippen molar-refractivity contribution in [1.29, 1.82) is 0 Å². The number of halogens is 4. The highest BCUT2D eigenvalue weighted by atomic mass is 127. The first-order valence-electron chi connectivity index (χ1n) is 10.2. The number of alkyl halides is 3. The smallest absolute Gasteiger partial charge is 0.352 e. The van der Waals surface area contributed by atoms with Gasteiger partial charge in [-0.2, -0.15) is 18.3 Å². The molecular weight excluding hydrogens is 520 g/mol. The lowest BCUT2D eigenvalue weighted by Crippen LogP contribution is -2.36. The van der Waals surface area contributed by atoms with E-state index in [2.05, 4.69) is 49.9 Å². The molecule has 0 unspecified atom stereocenters. The molecule has 2 aromatic rings. The highest BCUT2D eigenvalue weighted by Gasteiger charge is 2.36. The predicted octanol–water partition coefficient (Wildman–Crippen LogP) is 3.91. The normalized spacial score (nSPS) is 15.5. The number of aromatic nitrogens is 2. The fourth-order valence-corrected chi connectivity index (χ4v) is 3.63. The molecule has 172 valence electrons. The summed E-state index contributed by atoms with van der Waals surface area (Å²) < 4.78 is 40.4. The maximum Gasteiger partial charge on any atom is 0.435 e. The van der Waals surface area contributed by atoms with E-state index < -0.39 is 11.9 Å². The minimum Gasteiger partial charge on any atom is -0.352 e. The summed E-state index contributed by atoms with van der Waals surface area (Å²) in [7, 11) is 3.06. The zero-order valence-corrected chi connectivity index (χ0v) is 20.2. The Morgan fingerprint density at radius 3 is 2.26 bits per heavy atom. The van der Waals surface area contributed by atoms with Crippen LogP contribution in [0.1, 0.15) is 41.6 Å². The number of aliphatic imine (C=N–C) groups is 1. The van der Waals surface area contributed by atoms with Crippen molar-refractivity contribution >= 4 is 29.9 Å². The quantitative estimate of drug-likeness (QED) is 0.326. The van der Waals surface area contributed by atoms with Gasteiger partial charge in [-0.1, -0.05) is 30.7 Å². The van der Waals surface area contributed by atoms with Gasteiger partial charge in [0.05, 0.1) is 0 Å². The van der Waals surface area contributed by atoms with E-state index >= 15 is 0 Å².